The number of aromatic nitrogens is 2. The summed E-state index contributed by atoms with van der Waals surface area (Å²) in [5.74, 6) is -2.94. The smallest absolute Gasteiger partial charge is 0.475 e. The fourth-order valence-corrected chi connectivity index (χ4v) is 3.54. The lowest BCUT2D eigenvalue weighted by Crippen LogP contribution is -2.26. The normalized spacial score (nSPS) is 19.1. The molecule has 0 bridgehead atoms. The third kappa shape index (κ3) is 8.09. The van der Waals surface area contributed by atoms with Gasteiger partial charge < -0.3 is 20.4 Å². The molecule has 2 fully saturated rings. The summed E-state index contributed by atoms with van der Waals surface area (Å²) < 4.78 is 63.5. The molecular weight excluding hydrogens is 486 g/mol. The molecule has 3 heterocycles. The van der Waals surface area contributed by atoms with Crippen LogP contribution in [0.3, 0.4) is 0 Å². The summed E-state index contributed by atoms with van der Waals surface area (Å²) in [5, 5.41) is 26.6. The van der Waals surface area contributed by atoms with Crippen molar-refractivity contribution < 1.29 is 46.1 Å². The minimum atomic E-state index is -5.08. The Morgan fingerprint density at radius 1 is 0.886 bits per heavy atom. The van der Waals surface area contributed by atoms with E-state index in [2.05, 4.69) is 57.7 Å². The Morgan fingerprint density at radius 3 is 1.77 bits per heavy atom. The molecular formula is C21H22F6N4O4. The maximum absolute atomic E-state index is 10.6. The fraction of sp³-hybridized carbons (Fsp3) is 0.429. The number of fused-ring (bicyclic) bond motifs is 1. The number of hydrogen-bond donors (Lipinski definition) is 3. The molecule has 2 unspecified atom stereocenters. The van der Waals surface area contributed by atoms with Crippen molar-refractivity contribution in [2.24, 2.45) is 11.8 Å². The van der Waals surface area contributed by atoms with E-state index >= 15 is 0 Å². The first-order valence-corrected chi connectivity index (χ1v) is 10.2. The number of carboxylic acids is 2. The van der Waals surface area contributed by atoms with Crippen LogP contribution in [0.5, 0.6) is 0 Å². The van der Waals surface area contributed by atoms with E-state index in [4.69, 9.17) is 19.8 Å². The third-order valence-electron chi connectivity index (χ3n) is 5.27. The van der Waals surface area contributed by atoms with Gasteiger partial charge in [0.05, 0.1) is 5.69 Å². The van der Waals surface area contributed by atoms with Crippen LogP contribution < -0.4 is 10.2 Å². The van der Waals surface area contributed by atoms with Gasteiger partial charge in [0.1, 0.15) is 0 Å². The predicted molar refractivity (Wildman–Crippen MR) is 112 cm³/mol. The van der Waals surface area contributed by atoms with Gasteiger partial charge in [-0.2, -0.15) is 26.3 Å². The molecule has 1 aromatic carbocycles. The number of aliphatic carboxylic acids is 2. The van der Waals surface area contributed by atoms with E-state index in [0.717, 1.165) is 49.5 Å². The largest absolute Gasteiger partial charge is 0.490 e. The van der Waals surface area contributed by atoms with Crippen LogP contribution in [-0.4, -0.2) is 70.9 Å². The van der Waals surface area contributed by atoms with Crippen LogP contribution in [0.25, 0.3) is 11.3 Å². The number of alkyl halides is 6. The average Bonchev–Trinajstić information content (AvgIpc) is 3.36. The SMILES string of the molecule is Cc1ccccc1-c1ccc(N2CC3CNCC3C2)nn1.O=C(O)C(F)(F)F.O=C(O)C(F)(F)F. The third-order valence-corrected chi connectivity index (χ3v) is 5.27. The number of halogens is 6. The summed E-state index contributed by atoms with van der Waals surface area (Å²) in [6.45, 7) is 6.62. The van der Waals surface area contributed by atoms with Gasteiger partial charge in [-0.25, -0.2) is 9.59 Å². The maximum Gasteiger partial charge on any atom is 0.490 e. The summed E-state index contributed by atoms with van der Waals surface area (Å²) in [7, 11) is 0. The number of anilines is 1. The topological polar surface area (TPSA) is 116 Å². The Kier molecular flexibility index (Phi) is 9.01. The number of carbonyl (C=O) groups is 2. The highest BCUT2D eigenvalue weighted by Gasteiger charge is 2.39. The summed E-state index contributed by atoms with van der Waals surface area (Å²) in [6.07, 6.45) is -10.2. The lowest BCUT2D eigenvalue weighted by atomic mass is 10.0. The van der Waals surface area contributed by atoms with Crippen molar-refractivity contribution in [1.29, 1.82) is 0 Å². The number of benzene rings is 1. The quantitative estimate of drug-likeness (QED) is 0.529. The molecule has 0 aliphatic carbocycles. The van der Waals surface area contributed by atoms with Crippen LogP contribution in [0.4, 0.5) is 32.2 Å². The van der Waals surface area contributed by atoms with Gasteiger partial charge in [-0.3, -0.25) is 0 Å². The average molecular weight is 508 g/mol. The number of carboxylic acid groups (broad SMARTS) is 2. The van der Waals surface area contributed by atoms with Crippen molar-refractivity contribution in [1.82, 2.24) is 15.5 Å². The van der Waals surface area contributed by atoms with Crippen molar-refractivity contribution in [3.05, 3.63) is 42.0 Å². The molecule has 4 rings (SSSR count). The van der Waals surface area contributed by atoms with E-state index in [1.165, 1.54) is 11.1 Å². The Balaban J connectivity index is 0.000000257. The van der Waals surface area contributed by atoms with Crippen LogP contribution in [0, 0.1) is 18.8 Å². The van der Waals surface area contributed by atoms with E-state index in [0.29, 0.717) is 0 Å². The molecule has 8 nitrogen and oxygen atoms in total. The second kappa shape index (κ2) is 11.3. The molecule has 192 valence electrons. The Morgan fingerprint density at radius 2 is 1.37 bits per heavy atom. The lowest BCUT2D eigenvalue weighted by molar-refractivity contribution is -0.193. The van der Waals surface area contributed by atoms with Gasteiger partial charge in [-0.05, 0) is 36.5 Å². The number of nitrogens with one attached hydrogen (secondary N) is 1. The first-order valence-electron chi connectivity index (χ1n) is 10.2. The van der Waals surface area contributed by atoms with E-state index in [1.807, 2.05) is 6.07 Å². The zero-order chi connectivity index (χ0) is 26.4. The Hall–Kier alpha value is -3.42. The van der Waals surface area contributed by atoms with Gasteiger partial charge in [0.25, 0.3) is 0 Å². The van der Waals surface area contributed by atoms with E-state index in [1.54, 1.807) is 0 Å². The minimum Gasteiger partial charge on any atom is -0.475 e. The monoisotopic (exact) mass is 508 g/mol. The van der Waals surface area contributed by atoms with Crippen molar-refractivity contribution in [3.63, 3.8) is 0 Å². The second-order valence-corrected chi connectivity index (χ2v) is 7.78. The van der Waals surface area contributed by atoms with Gasteiger partial charge in [-0.15, -0.1) is 10.2 Å². The molecule has 2 aromatic rings. The second-order valence-electron chi connectivity index (χ2n) is 7.78. The first-order chi connectivity index (χ1) is 16.2. The van der Waals surface area contributed by atoms with E-state index < -0.39 is 24.3 Å². The summed E-state index contributed by atoms with van der Waals surface area (Å²) in [5.41, 5.74) is 3.36. The number of hydrogen-bond acceptors (Lipinski definition) is 6. The van der Waals surface area contributed by atoms with Gasteiger partial charge in [0, 0.05) is 31.7 Å². The van der Waals surface area contributed by atoms with E-state index in [-0.39, 0.29) is 0 Å². The lowest BCUT2D eigenvalue weighted by Gasteiger charge is -2.18. The van der Waals surface area contributed by atoms with Crippen molar-refractivity contribution in [2.75, 3.05) is 31.1 Å². The van der Waals surface area contributed by atoms with Gasteiger partial charge in [0.15, 0.2) is 5.82 Å². The van der Waals surface area contributed by atoms with Gasteiger partial charge >= 0.3 is 24.3 Å². The molecule has 14 heteroatoms. The fourth-order valence-electron chi connectivity index (χ4n) is 3.54. The van der Waals surface area contributed by atoms with Crippen molar-refractivity contribution in [2.45, 2.75) is 19.3 Å². The molecule has 2 aliphatic heterocycles. The molecule has 0 amide bonds. The summed E-state index contributed by atoms with van der Waals surface area (Å²) >= 11 is 0. The highest BCUT2D eigenvalue weighted by Crippen LogP contribution is 2.30. The van der Waals surface area contributed by atoms with Crippen LogP contribution in [0.1, 0.15) is 5.56 Å². The zero-order valence-corrected chi connectivity index (χ0v) is 18.3. The van der Waals surface area contributed by atoms with Crippen LogP contribution in [-0.2, 0) is 9.59 Å². The maximum atomic E-state index is 10.6. The number of rotatable bonds is 2. The zero-order valence-electron chi connectivity index (χ0n) is 18.3. The molecule has 3 N–H and O–H groups in total. The molecule has 0 spiro atoms. The number of nitrogens with zero attached hydrogens (tertiary/aromatic N) is 3. The number of aryl methyl sites for hydroxylation is 1. The minimum absolute atomic E-state index is 0.780. The molecule has 2 atom stereocenters. The Labute approximate surface area is 195 Å². The van der Waals surface area contributed by atoms with Gasteiger partial charge in [0.2, 0.25) is 0 Å². The summed E-state index contributed by atoms with van der Waals surface area (Å²) in [6, 6.07) is 12.5. The van der Waals surface area contributed by atoms with Gasteiger partial charge in [-0.1, -0.05) is 24.3 Å². The van der Waals surface area contributed by atoms with Crippen molar-refractivity contribution >= 4 is 17.8 Å². The molecule has 0 saturated carbocycles. The molecule has 2 saturated heterocycles. The van der Waals surface area contributed by atoms with Crippen LogP contribution in [0.2, 0.25) is 0 Å². The predicted octanol–water partition coefficient (Wildman–Crippen LogP) is 3.37. The highest BCUT2D eigenvalue weighted by molar-refractivity contribution is 5.73. The first kappa shape index (κ1) is 27.8. The molecule has 2 aliphatic rings. The van der Waals surface area contributed by atoms with Crippen molar-refractivity contribution in [3.8, 4) is 11.3 Å². The van der Waals surface area contributed by atoms with Crippen LogP contribution in [0.15, 0.2) is 36.4 Å². The van der Waals surface area contributed by atoms with E-state index in [9.17, 15) is 26.3 Å². The molecule has 1 aromatic heterocycles. The highest BCUT2D eigenvalue weighted by atomic mass is 19.4. The molecule has 0 radical (unpaired) electrons. The van der Waals surface area contributed by atoms with Crippen LogP contribution >= 0.6 is 0 Å². The standard InChI is InChI=1S/C17H20N4.2C2HF3O2/c1-12-4-2-3-5-15(12)16-6-7-17(20-19-16)21-10-13-8-18-9-14(13)11-21;2*3-2(4,5)1(6)7/h2-7,13-14,18H,8-11H2,1H3;2*(H,6,7). The molecule has 35 heavy (non-hydrogen) atoms. The summed E-state index contributed by atoms with van der Waals surface area (Å²) in [4.78, 5) is 20.2. The Bertz CT molecular complexity index is 978.